The summed E-state index contributed by atoms with van der Waals surface area (Å²) in [4.78, 5) is 26.3. The Morgan fingerprint density at radius 3 is 2.89 bits per heavy atom. The molecular formula is C16H18BN3O7S. The van der Waals surface area contributed by atoms with Gasteiger partial charge in [-0.3, -0.25) is 9.48 Å². The predicted molar refractivity (Wildman–Crippen MR) is 98.8 cm³/mol. The second kappa shape index (κ2) is 8.53. The van der Waals surface area contributed by atoms with Crippen molar-refractivity contribution in [1.29, 1.82) is 0 Å². The standard InChI is InChI=1S/C16H18BN3O7S/c1-26-10-5-4-9-7-11(17(25)27-14(9)13(10)15(23)24)28-16-18-8-20(19-16)6-2-3-12(21)22/h4-5,8,11,25H,2-3,6-7H2,1H3,(H,21,22)(H,23,24)/t11-/m0/s1. The van der Waals surface area contributed by atoms with Gasteiger partial charge in [-0.05, 0) is 24.5 Å². The number of fused-ring (bicyclic) bond motifs is 1. The molecule has 0 amide bonds. The molecule has 1 aliphatic heterocycles. The first-order valence-corrected chi connectivity index (χ1v) is 9.32. The molecule has 0 unspecified atom stereocenters. The molecule has 0 bridgehead atoms. The van der Waals surface area contributed by atoms with E-state index in [0.29, 0.717) is 30.1 Å². The summed E-state index contributed by atoms with van der Waals surface area (Å²) in [6.07, 6.45) is 2.34. The third kappa shape index (κ3) is 4.39. The smallest absolute Gasteiger partial charge is 0.534 e. The van der Waals surface area contributed by atoms with E-state index >= 15 is 0 Å². The van der Waals surface area contributed by atoms with E-state index in [1.54, 1.807) is 16.8 Å². The zero-order valence-corrected chi connectivity index (χ0v) is 15.8. The van der Waals surface area contributed by atoms with Crippen molar-refractivity contribution < 1.29 is 34.2 Å². The lowest BCUT2D eigenvalue weighted by Crippen LogP contribution is -2.41. The molecule has 3 rings (SSSR count). The average Bonchev–Trinajstić information content (AvgIpc) is 3.08. The van der Waals surface area contributed by atoms with Crippen LogP contribution < -0.4 is 9.39 Å². The third-order valence-corrected chi connectivity index (χ3v) is 5.26. The van der Waals surface area contributed by atoms with Crippen molar-refractivity contribution in [3.05, 3.63) is 29.6 Å². The number of carboxylic acid groups (broad SMARTS) is 2. The highest BCUT2D eigenvalue weighted by Crippen LogP contribution is 2.39. The molecule has 1 aliphatic rings. The minimum Gasteiger partial charge on any atom is -0.534 e. The Hall–Kier alpha value is -2.73. The lowest BCUT2D eigenvalue weighted by Gasteiger charge is -2.27. The summed E-state index contributed by atoms with van der Waals surface area (Å²) in [5.41, 5.74) is 0.519. The number of benzene rings is 1. The molecule has 148 valence electrons. The first-order valence-electron chi connectivity index (χ1n) is 8.44. The van der Waals surface area contributed by atoms with Gasteiger partial charge in [-0.25, -0.2) is 9.78 Å². The molecule has 3 N–H and O–H groups in total. The number of ether oxygens (including phenoxy) is 1. The van der Waals surface area contributed by atoms with Crippen molar-refractivity contribution in [3.63, 3.8) is 0 Å². The quantitative estimate of drug-likeness (QED) is 0.541. The first-order chi connectivity index (χ1) is 13.4. The summed E-state index contributed by atoms with van der Waals surface area (Å²) in [7, 11) is 0.117. The van der Waals surface area contributed by atoms with Gasteiger partial charge in [-0.1, -0.05) is 17.8 Å². The number of nitrogens with zero attached hydrogens (tertiary/aromatic N) is 3. The topological polar surface area (TPSA) is 144 Å². The maximum Gasteiger partial charge on any atom is 0.537 e. The third-order valence-electron chi connectivity index (χ3n) is 4.16. The molecule has 2 heterocycles. The number of carbonyl (C=O) groups is 2. The van der Waals surface area contributed by atoms with E-state index in [0.717, 1.165) is 0 Å². The molecule has 0 spiro atoms. The molecule has 10 nitrogen and oxygen atoms in total. The van der Waals surface area contributed by atoms with Gasteiger partial charge >= 0.3 is 19.1 Å². The van der Waals surface area contributed by atoms with Gasteiger partial charge in [-0.15, -0.1) is 5.10 Å². The SMILES string of the molecule is COc1ccc2c(c1C(=O)O)OB(O)[C@@H](Sc1ncn(CCCC(=O)O)n1)C2. The van der Waals surface area contributed by atoms with E-state index in [-0.39, 0.29) is 23.5 Å². The van der Waals surface area contributed by atoms with Crippen LogP contribution in [0.1, 0.15) is 28.8 Å². The fourth-order valence-electron chi connectivity index (χ4n) is 2.86. The fraction of sp³-hybridized carbons (Fsp3) is 0.375. The first kappa shape index (κ1) is 20.0. The number of aliphatic carboxylic acids is 1. The monoisotopic (exact) mass is 407 g/mol. The van der Waals surface area contributed by atoms with Crippen LogP contribution in [-0.4, -0.2) is 61.3 Å². The zero-order chi connectivity index (χ0) is 20.3. The Balaban J connectivity index is 1.71. The van der Waals surface area contributed by atoms with Crippen molar-refractivity contribution in [2.45, 2.75) is 36.1 Å². The Kier molecular flexibility index (Phi) is 6.10. The van der Waals surface area contributed by atoms with E-state index in [4.69, 9.17) is 14.5 Å². The van der Waals surface area contributed by atoms with Gasteiger partial charge in [0.1, 0.15) is 23.4 Å². The van der Waals surface area contributed by atoms with Gasteiger partial charge in [0, 0.05) is 13.0 Å². The van der Waals surface area contributed by atoms with Gasteiger partial charge in [0.2, 0.25) is 5.16 Å². The normalized spacial score (nSPS) is 15.6. The Labute approximate surface area is 164 Å². The van der Waals surface area contributed by atoms with Crippen LogP contribution in [0.15, 0.2) is 23.6 Å². The van der Waals surface area contributed by atoms with Crippen LogP contribution >= 0.6 is 11.8 Å². The van der Waals surface area contributed by atoms with Crippen LogP contribution in [0, 0.1) is 0 Å². The summed E-state index contributed by atoms with van der Waals surface area (Å²) < 4.78 is 12.1. The molecule has 0 saturated carbocycles. The number of rotatable bonds is 8. The highest BCUT2D eigenvalue weighted by Gasteiger charge is 2.39. The van der Waals surface area contributed by atoms with E-state index in [1.165, 1.54) is 25.2 Å². The molecule has 0 fully saturated rings. The van der Waals surface area contributed by atoms with Gasteiger partial charge in [0.05, 0.1) is 12.3 Å². The van der Waals surface area contributed by atoms with Crippen LogP contribution in [0.25, 0.3) is 0 Å². The van der Waals surface area contributed by atoms with Crippen LogP contribution in [-0.2, 0) is 17.8 Å². The van der Waals surface area contributed by atoms with Crippen molar-refractivity contribution >= 4 is 30.8 Å². The lowest BCUT2D eigenvalue weighted by molar-refractivity contribution is -0.137. The van der Waals surface area contributed by atoms with E-state index < -0.39 is 24.2 Å². The summed E-state index contributed by atoms with van der Waals surface area (Å²) in [6.45, 7) is 0.425. The maximum atomic E-state index is 11.6. The molecule has 12 heteroatoms. The molecule has 2 aromatic rings. The number of aromatic carboxylic acids is 1. The molecular weight excluding hydrogens is 389 g/mol. The molecule has 28 heavy (non-hydrogen) atoms. The average molecular weight is 407 g/mol. The molecule has 0 aliphatic carbocycles. The second-order valence-corrected chi connectivity index (χ2v) is 7.30. The van der Waals surface area contributed by atoms with Crippen molar-refractivity contribution in [3.8, 4) is 11.5 Å². The molecule has 1 atom stereocenters. The highest BCUT2D eigenvalue weighted by molar-refractivity contribution is 8.01. The van der Waals surface area contributed by atoms with Crippen LogP contribution in [0.3, 0.4) is 0 Å². The van der Waals surface area contributed by atoms with Crippen molar-refractivity contribution in [1.82, 2.24) is 14.8 Å². The van der Waals surface area contributed by atoms with Crippen molar-refractivity contribution in [2.75, 3.05) is 7.11 Å². The predicted octanol–water partition coefficient (Wildman–Crippen LogP) is 0.965. The Bertz CT molecular complexity index is 891. The number of methoxy groups -OCH3 is 1. The van der Waals surface area contributed by atoms with E-state index in [1.807, 2.05) is 0 Å². The zero-order valence-electron chi connectivity index (χ0n) is 14.9. The summed E-state index contributed by atoms with van der Waals surface area (Å²) in [6, 6.07) is 3.26. The number of aromatic nitrogens is 3. The number of hydrogen-bond donors (Lipinski definition) is 3. The van der Waals surface area contributed by atoms with Gasteiger partial charge < -0.3 is 24.6 Å². The van der Waals surface area contributed by atoms with Gasteiger partial charge in [0.25, 0.3) is 0 Å². The molecule has 0 radical (unpaired) electrons. The minimum atomic E-state index is -1.25. The number of aryl methyl sites for hydroxylation is 1. The maximum absolute atomic E-state index is 11.6. The molecule has 1 aromatic carbocycles. The Morgan fingerprint density at radius 1 is 1.43 bits per heavy atom. The van der Waals surface area contributed by atoms with E-state index in [9.17, 15) is 19.7 Å². The number of hydrogen-bond acceptors (Lipinski definition) is 8. The number of thioether (sulfide) groups is 1. The van der Waals surface area contributed by atoms with Crippen LogP contribution in [0.4, 0.5) is 0 Å². The molecule has 1 aromatic heterocycles. The van der Waals surface area contributed by atoms with Crippen molar-refractivity contribution in [2.24, 2.45) is 0 Å². The minimum absolute atomic E-state index is 0.0453. The largest absolute Gasteiger partial charge is 0.537 e. The van der Waals surface area contributed by atoms with Gasteiger partial charge in [0.15, 0.2) is 0 Å². The lowest BCUT2D eigenvalue weighted by atomic mass is 9.77. The summed E-state index contributed by atoms with van der Waals surface area (Å²) in [5.74, 6) is -1.81. The highest BCUT2D eigenvalue weighted by atomic mass is 32.2. The number of carboxylic acids is 2. The second-order valence-electron chi connectivity index (χ2n) is 6.09. The van der Waals surface area contributed by atoms with Crippen LogP contribution in [0.5, 0.6) is 11.5 Å². The van der Waals surface area contributed by atoms with E-state index in [2.05, 4.69) is 10.1 Å². The van der Waals surface area contributed by atoms with Crippen LogP contribution in [0.2, 0.25) is 0 Å². The Morgan fingerprint density at radius 2 is 2.21 bits per heavy atom. The fourth-order valence-corrected chi connectivity index (χ4v) is 3.82. The summed E-state index contributed by atoms with van der Waals surface area (Å²) in [5, 5.41) is 32.7. The molecule has 0 saturated heterocycles. The van der Waals surface area contributed by atoms with Gasteiger partial charge in [-0.2, -0.15) is 0 Å². The summed E-state index contributed by atoms with van der Waals surface area (Å²) >= 11 is 1.21.